The molecule has 2 rings (SSSR count). The van der Waals surface area contributed by atoms with Gasteiger partial charge in [-0.15, -0.1) is 0 Å². The van der Waals surface area contributed by atoms with Crippen LogP contribution in [0.1, 0.15) is 49.3 Å². The molecule has 23 heavy (non-hydrogen) atoms. The Morgan fingerprint density at radius 2 is 1.57 bits per heavy atom. The molecule has 3 nitrogen and oxygen atoms in total. The minimum atomic E-state index is 0. The summed E-state index contributed by atoms with van der Waals surface area (Å²) in [6, 6.07) is 4.28. The maximum Gasteiger partial charge on any atom is 0.279 e. The fraction of sp³-hybridized carbons (Fsp3) is 0.632. The summed E-state index contributed by atoms with van der Waals surface area (Å²) < 4.78 is 0.954. The number of nitrogens with zero attached hydrogens (tertiary/aromatic N) is 1. The van der Waals surface area contributed by atoms with E-state index in [0.717, 1.165) is 40.9 Å². The van der Waals surface area contributed by atoms with Gasteiger partial charge in [0.1, 0.15) is 0 Å². The summed E-state index contributed by atoms with van der Waals surface area (Å²) in [6.45, 7) is 12.4. The van der Waals surface area contributed by atoms with Crippen molar-refractivity contribution in [2.45, 2.75) is 53.4 Å². The molecule has 0 saturated carbocycles. The molecule has 1 fully saturated rings. The van der Waals surface area contributed by atoms with Crippen LogP contribution >= 0.6 is 0 Å². The normalized spacial score (nSPS) is 17.0. The van der Waals surface area contributed by atoms with Crippen molar-refractivity contribution in [2.75, 3.05) is 31.5 Å². The van der Waals surface area contributed by atoms with E-state index in [4.69, 9.17) is 0 Å². The molecular formula is C19H31N2OY+. The van der Waals surface area contributed by atoms with E-state index in [2.05, 4.69) is 45.1 Å². The van der Waals surface area contributed by atoms with Crippen molar-refractivity contribution in [3.8, 4) is 0 Å². The first-order chi connectivity index (χ1) is 10.5. The van der Waals surface area contributed by atoms with Crippen LogP contribution in [-0.4, -0.2) is 36.6 Å². The number of amides is 1. The van der Waals surface area contributed by atoms with Gasteiger partial charge in [0.2, 0.25) is 0 Å². The number of aryl methyl sites for hydroxylation is 3. The molecule has 125 valence electrons. The number of nitrogens with one attached hydrogen (secondary N) is 1. The van der Waals surface area contributed by atoms with Gasteiger partial charge in [-0.1, -0.05) is 17.7 Å². The molecule has 0 atom stereocenters. The van der Waals surface area contributed by atoms with Crippen molar-refractivity contribution in [3.63, 3.8) is 0 Å². The van der Waals surface area contributed by atoms with Gasteiger partial charge in [-0.3, -0.25) is 4.79 Å². The largest absolute Gasteiger partial charge is 0.321 e. The number of benzene rings is 1. The Labute approximate surface area is 166 Å². The third kappa shape index (κ3) is 5.65. The minimum absolute atomic E-state index is 0. The van der Waals surface area contributed by atoms with Gasteiger partial charge in [0.05, 0.1) is 19.6 Å². The first-order valence-corrected chi connectivity index (χ1v) is 8.68. The van der Waals surface area contributed by atoms with Crippen LogP contribution in [0.3, 0.4) is 0 Å². The van der Waals surface area contributed by atoms with Crippen LogP contribution in [0.25, 0.3) is 0 Å². The first-order valence-electron chi connectivity index (χ1n) is 8.68. The summed E-state index contributed by atoms with van der Waals surface area (Å²) >= 11 is 0. The van der Waals surface area contributed by atoms with E-state index < -0.39 is 0 Å². The van der Waals surface area contributed by atoms with Gasteiger partial charge in [-0.25, -0.2) is 0 Å². The Hall–Kier alpha value is -0.246. The maximum atomic E-state index is 12.6. The molecule has 1 heterocycles. The molecule has 1 aliphatic heterocycles. The van der Waals surface area contributed by atoms with Crippen molar-refractivity contribution in [1.82, 2.24) is 0 Å². The van der Waals surface area contributed by atoms with Crippen molar-refractivity contribution in [2.24, 2.45) is 0 Å². The van der Waals surface area contributed by atoms with Crippen molar-refractivity contribution in [3.05, 3.63) is 28.8 Å². The van der Waals surface area contributed by atoms with E-state index in [1.54, 1.807) is 0 Å². The molecule has 0 spiro atoms. The summed E-state index contributed by atoms with van der Waals surface area (Å²) in [5.41, 5.74) is 4.56. The van der Waals surface area contributed by atoms with Gasteiger partial charge in [-0.2, -0.15) is 0 Å². The molecule has 1 N–H and O–H groups in total. The van der Waals surface area contributed by atoms with Crippen molar-refractivity contribution < 1.29 is 42.0 Å². The summed E-state index contributed by atoms with van der Waals surface area (Å²) in [7, 11) is 0. The minimum Gasteiger partial charge on any atom is -0.321 e. The van der Waals surface area contributed by atoms with E-state index in [1.807, 2.05) is 0 Å². The Balaban J connectivity index is 0.00000264. The number of quaternary nitrogens is 1. The van der Waals surface area contributed by atoms with E-state index in [0.29, 0.717) is 6.54 Å². The second kappa shape index (κ2) is 9.29. The third-order valence-corrected chi connectivity index (χ3v) is 5.11. The van der Waals surface area contributed by atoms with Gasteiger partial charge in [0, 0.05) is 38.4 Å². The Morgan fingerprint density at radius 3 is 2.04 bits per heavy atom. The van der Waals surface area contributed by atoms with Crippen molar-refractivity contribution >= 4 is 11.6 Å². The third-order valence-electron chi connectivity index (χ3n) is 5.11. The van der Waals surface area contributed by atoms with E-state index in [9.17, 15) is 4.79 Å². The van der Waals surface area contributed by atoms with Gasteiger partial charge in [-0.05, 0) is 64.5 Å². The van der Waals surface area contributed by atoms with Crippen LogP contribution in [0.4, 0.5) is 5.69 Å². The molecule has 1 radical (unpaired) electrons. The molecule has 1 aliphatic rings. The van der Waals surface area contributed by atoms with E-state index in [1.165, 1.54) is 31.2 Å². The molecular weight excluding hydrogens is 361 g/mol. The summed E-state index contributed by atoms with van der Waals surface area (Å²) in [4.78, 5) is 12.6. The van der Waals surface area contributed by atoms with Crippen LogP contribution in [0, 0.1) is 20.8 Å². The molecule has 0 aromatic heterocycles. The zero-order chi connectivity index (χ0) is 16.2. The second-order valence-corrected chi connectivity index (χ2v) is 7.00. The van der Waals surface area contributed by atoms with Crippen LogP contribution in [0.2, 0.25) is 0 Å². The Kier molecular flexibility index (Phi) is 8.40. The maximum absolute atomic E-state index is 12.6. The summed E-state index contributed by atoms with van der Waals surface area (Å²) in [5, 5.41) is 3.18. The average Bonchev–Trinajstić information content (AvgIpc) is 2.69. The smallest absolute Gasteiger partial charge is 0.279 e. The van der Waals surface area contributed by atoms with Gasteiger partial charge >= 0.3 is 0 Å². The number of anilines is 1. The van der Waals surface area contributed by atoms with E-state index >= 15 is 0 Å². The second-order valence-electron chi connectivity index (χ2n) is 7.00. The topological polar surface area (TPSA) is 29.1 Å². The number of likely N-dealkylation sites (N-methyl/N-ethyl adjacent to an activating group) is 1. The number of carbonyl (C=O) groups is 1. The zero-order valence-electron chi connectivity index (χ0n) is 15.2. The van der Waals surface area contributed by atoms with Crippen LogP contribution in [0.5, 0.6) is 0 Å². The van der Waals surface area contributed by atoms with Crippen LogP contribution < -0.4 is 5.32 Å². The number of likely N-dealkylation sites (tertiary alicyclic amines) is 1. The molecule has 1 aromatic carbocycles. The molecule has 0 unspecified atom stereocenters. The SMILES string of the molecule is CC[N+]1(CC(=O)Nc2c(C)cc(C)cc2C)CCCCCC1.[Y]. The molecule has 0 aliphatic carbocycles. The Morgan fingerprint density at radius 1 is 1.04 bits per heavy atom. The molecule has 1 amide bonds. The quantitative estimate of drug-likeness (QED) is 0.773. The predicted octanol–water partition coefficient (Wildman–Crippen LogP) is 3.96. The van der Waals surface area contributed by atoms with E-state index in [-0.39, 0.29) is 38.6 Å². The molecule has 1 saturated heterocycles. The summed E-state index contributed by atoms with van der Waals surface area (Å²) in [5.74, 6) is 0.166. The fourth-order valence-corrected chi connectivity index (χ4v) is 3.81. The first kappa shape index (κ1) is 20.8. The van der Waals surface area contributed by atoms with Gasteiger partial charge in [0.15, 0.2) is 6.54 Å². The standard InChI is InChI=1S/C19H30N2O.Y/c1-5-21(10-8-6-7-9-11-21)14-18(22)20-19-16(3)12-15(2)13-17(19)4;/h12-13H,5-11,14H2,1-4H3;/p+1. The van der Waals surface area contributed by atoms with Gasteiger partial charge in [0.25, 0.3) is 5.91 Å². The molecule has 1 aromatic rings. The number of hydrogen-bond donors (Lipinski definition) is 1. The van der Waals surface area contributed by atoms with Crippen LogP contribution in [-0.2, 0) is 37.5 Å². The monoisotopic (exact) mass is 392 g/mol. The fourth-order valence-electron chi connectivity index (χ4n) is 3.81. The number of rotatable bonds is 4. The Bertz CT molecular complexity index is 511. The molecule has 0 bridgehead atoms. The predicted molar refractivity (Wildman–Crippen MR) is 93.2 cm³/mol. The number of carbonyl (C=O) groups excluding carboxylic acids is 1. The molecule has 4 heteroatoms. The summed E-state index contributed by atoms with van der Waals surface area (Å²) in [6.07, 6.45) is 5.14. The van der Waals surface area contributed by atoms with Gasteiger partial charge < -0.3 is 9.80 Å². The van der Waals surface area contributed by atoms with Crippen LogP contribution in [0.15, 0.2) is 12.1 Å². The number of hydrogen-bond acceptors (Lipinski definition) is 1. The van der Waals surface area contributed by atoms with Crippen molar-refractivity contribution in [1.29, 1.82) is 0 Å². The zero-order valence-corrected chi connectivity index (χ0v) is 18.1. The average molecular weight is 392 g/mol.